The Bertz CT molecular complexity index is 628. The molecule has 1 aromatic rings. The third-order valence-corrected chi connectivity index (χ3v) is 6.74. The Morgan fingerprint density at radius 1 is 1.18 bits per heavy atom. The van der Waals surface area contributed by atoms with Gasteiger partial charge in [-0.25, -0.2) is 4.21 Å². The van der Waals surface area contributed by atoms with Gasteiger partial charge >= 0.3 is 9.24 Å². The van der Waals surface area contributed by atoms with Gasteiger partial charge < -0.3 is 0 Å². The standard InChI is InChI=1S/C8H8Cl3NO3S2/c1-2-16(13,12-17(11,14)15)8-6(9)4-3-5-7(8)10/h3-5H,2H2,1H3. The Morgan fingerprint density at radius 3 is 2.00 bits per heavy atom. The normalized spacial score (nSPS) is 15.3. The first-order valence-corrected chi connectivity index (χ1v) is 9.05. The van der Waals surface area contributed by atoms with E-state index in [-0.39, 0.29) is 20.7 Å². The zero-order valence-electron chi connectivity index (χ0n) is 8.56. The molecule has 0 aliphatic heterocycles. The molecule has 0 spiro atoms. The van der Waals surface area contributed by atoms with E-state index in [4.69, 9.17) is 33.9 Å². The first kappa shape index (κ1) is 15.0. The Hall–Kier alpha value is -0.0100. The predicted molar refractivity (Wildman–Crippen MR) is 70.6 cm³/mol. The minimum atomic E-state index is -4.27. The largest absolute Gasteiger partial charge is 0.347 e. The SMILES string of the molecule is CCS(=O)(=NS(=O)(=O)Cl)c1c(Cl)cccc1Cl. The lowest BCUT2D eigenvalue weighted by Gasteiger charge is -2.10. The van der Waals surface area contributed by atoms with E-state index in [0.29, 0.717) is 0 Å². The van der Waals surface area contributed by atoms with Crippen molar-refractivity contribution in [2.24, 2.45) is 3.77 Å². The summed E-state index contributed by atoms with van der Waals surface area (Å²) in [6, 6.07) is 4.46. The summed E-state index contributed by atoms with van der Waals surface area (Å²) < 4.78 is 37.4. The maximum absolute atomic E-state index is 12.4. The molecule has 0 saturated heterocycles. The summed E-state index contributed by atoms with van der Waals surface area (Å²) in [5.74, 6) is -0.0671. The monoisotopic (exact) mass is 335 g/mol. The number of halogens is 3. The summed E-state index contributed by atoms with van der Waals surface area (Å²) in [5.41, 5.74) is 0. The molecule has 9 heteroatoms. The van der Waals surface area contributed by atoms with Crippen LogP contribution in [0.4, 0.5) is 0 Å². The van der Waals surface area contributed by atoms with Gasteiger partial charge in [0, 0.05) is 16.4 Å². The van der Waals surface area contributed by atoms with Crippen LogP contribution in [-0.2, 0) is 19.0 Å². The fourth-order valence-corrected chi connectivity index (χ4v) is 6.01. The van der Waals surface area contributed by atoms with Crippen LogP contribution in [0.25, 0.3) is 0 Å². The van der Waals surface area contributed by atoms with Crippen molar-refractivity contribution in [1.82, 2.24) is 0 Å². The number of nitrogens with zero attached hydrogens (tertiary/aromatic N) is 1. The Balaban J connectivity index is 3.71. The lowest BCUT2D eigenvalue weighted by molar-refractivity contribution is 0.611. The summed E-state index contributed by atoms with van der Waals surface area (Å²) in [4.78, 5) is -0.00458. The van der Waals surface area contributed by atoms with Gasteiger partial charge in [0.1, 0.15) is 0 Å². The average molecular weight is 337 g/mol. The number of hydrogen-bond acceptors (Lipinski definition) is 3. The average Bonchev–Trinajstić information content (AvgIpc) is 2.14. The van der Waals surface area contributed by atoms with Gasteiger partial charge in [-0.2, -0.15) is 8.42 Å². The third kappa shape index (κ3) is 3.72. The highest BCUT2D eigenvalue weighted by atomic mass is 35.7. The van der Waals surface area contributed by atoms with Gasteiger partial charge in [0.2, 0.25) is 0 Å². The highest BCUT2D eigenvalue weighted by Gasteiger charge is 2.21. The number of hydrogen-bond donors (Lipinski definition) is 0. The van der Waals surface area contributed by atoms with E-state index in [1.807, 2.05) is 0 Å². The summed E-state index contributed by atoms with van der Waals surface area (Å²) in [5, 5.41) is 0.182. The zero-order chi connectivity index (χ0) is 13.3. The molecule has 0 aliphatic carbocycles. The van der Waals surface area contributed by atoms with Crippen LogP contribution in [0.1, 0.15) is 6.92 Å². The van der Waals surface area contributed by atoms with Crippen LogP contribution in [0.5, 0.6) is 0 Å². The van der Waals surface area contributed by atoms with E-state index in [0.717, 1.165) is 0 Å². The summed E-state index contributed by atoms with van der Waals surface area (Å²) in [6.45, 7) is 1.51. The van der Waals surface area contributed by atoms with Crippen LogP contribution in [-0.4, -0.2) is 18.4 Å². The van der Waals surface area contributed by atoms with Crippen LogP contribution >= 0.6 is 33.9 Å². The molecule has 0 heterocycles. The summed E-state index contributed by atoms with van der Waals surface area (Å²) in [7, 11) is -2.56. The molecule has 0 aromatic heterocycles. The second-order valence-electron chi connectivity index (χ2n) is 2.97. The predicted octanol–water partition coefficient (Wildman–Crippen LogP) is 3.32. The second-order valence-corrected chi connectivity index (χ2v) is 8.64. The topological polar surface area (TPSA) is 63.6 Å². The molecule has 4 nitrogen and oxygen atoms in total. The smallest absolute Gasteiger partial charge is 0.244 e. The van der Waals surface area contributed by atoms with Crippen molar-refractivity contribution in [2.75, 3.05) is 5.75 Å². The molecule has 1 unspecified atom stereocenters. The molecular weight excluding hydrogens is 329 g/mol. The fraction of sp³-hybridized carbons (Fsp3) is 0.250. The van der Waals surface area contributed by atoms with Gasteiger partial charge in [0.15, 0.2) is 0 Å². The minimum absolute atomic E-state index is 0.00458. The quantitative estimate of drug-likeness (QED) is 0.795. The zero-order valence-corrected chi connectivity index (χ0v) is 12.5. The molecule has 0 aliphatic rings. The van der Waals surface area contributed by atoms with Crippen molar-refractivity contribution >= 4 is 52.9 Å². The highest BCUT2D eigenvalue weighted by molar-refractivity contribution is 8.17. The van der Waals surface area contributed by atoms with Crippen molar-refractivity contribution in [1.29, 1.82) is 0 Å². The van der Waals surface area contributed by atoms with Gasteiger partial charge in [0.05, 0.1) is 24.7 Å². The maximum atomic E-state index is 12.4. The first-order chi connectivity index (χ1) is 7.69. The van der Waals surface area contributed by atoms with Gasteiger partial charge in [-0.1, -0.05) is 40.0 Å². The molecule has 1 aromatic carbocycles. The molecule has 0 bridgehead atoms. The van der Waals surface area contributed by atoms with E-state index in [9.17, 15) is 12.6 Å². The van der Waals surface area contributed by atoms with Crippen molar-refractivity contribution in [3.8, 4) is 0 Å². The molecule has 1 atom stereocenters. The van der Waals surface area contributed by atoms with Crippen LogP contribution in [0.2, 0.25) is 10.0 Å². The number of rotatable bonds is 3. The highest BCUT2D eigenvalue weighted by Crippen LogP contribution is 2.32. The minimum Gasteiger partial charge on any atom is -0.244 e. The van der Waals surface area contributed by atoms with E-state index in [1.165, 1.54) is 19.1 Å². The molecule has 17 heavy (non-hydrogen) atoms. The van der Waals surface area contributed by atoms with E-state index in [2.05, 4.69) is 3.77 Å². The molecule has 1 rings (SSSR count). The van der Waals surface area contributed by atoms with Crippen LogP contribution < -0.4 is 0 Å². The summed E-state index contributed by atoms with van der Waals surface area (Å²) in [6.07, 6.45) is 0. The van der Waals surface area contributed by atoms with Crippen LogP contribution in [0.3, 0.4) is 0 Å². The van der Waals surface area contributed by atoms with Gasteiger partial charge in [-0.05, 0) is 12.1 Å². The van der Waals surface area contributed by atoms with E-state index < -0.39 is 19.0 Å². The molecule has 0 fully saturated rings. The molecule has 0 saturated carbocycles. The van der Waals surface area contributed by atoms with Crippen molar-refractivity contribution in [2.45, 2.75) is 11.8 Å². The maximum Gasteiger partial charge on any atom is 0.347 e. The first-order valence-electron chi connectivity index (χ1n) is 4.34. The van der Waals surface area contributed by atoms with E-state index >= 15 is 0 Å². The second kappa shape index (κ2) is 5.32. The Kier molecular flexibility index (Phi) is 4.71. The Morgan fingerprint density at radius 2 is 1.65 bits per heavy atom. The fourth-order valence-electron chi connectivity index (χ4n) is 1.17. The van der Waals surface area contributed by atoms with Gasteiger partial charge in [-0.3, -0.25) is 0 Å². The molecule has 0 radical (unpaired) electrons. The molecular formula is C8H8Cl3NO3S2. The lowest BCUT2D eigenvalue weighted by atomic mass is 10.4. The number of benzene rings is 1. The van der Waals surface area contributed by atoms with Gasteiger partial charge in [-0.15, -0.1) is 0 Å². The summed E-state index contributed by atoms with van der Waals surface area (Å²) >= 11 is 11.7. The van der Waals surface area contributed by atoms with Crippen LogP contribution in [0, 0.1) is 0 Å². The third-order valence-electron chi connectivity index (χ3n) is 1.84. The van der Waals surface area contributed by atoms with Crippen molar-refractivity contribution in [3.63, 3.8) is 0 Å². The van der Waals surface area contributed by atoms with E-state index in [1.54, 1.807) is 6.07 Å². The van der Waals surface area contributed by atoms with Gasteiger partial charge in [0.25, 0.3) is 0 Å². The van der Waals surface area contributed by atoms with Crippen molar-refractivity contribution < 1.29 is 12.6 Å². The lowest BCUT2D eigenvalue weighted by Crippen LogP contribution is -2.07. The van der Waals surface area contributed by atoms with Crippen molar-refractivity contribution in [3.05, 3.63) is 28.2 Å². The molecule has 0 amide bonds. The Labute approximate surface area is 115 Å². The molecule has 96 valence electrons. The molecule has 0 N–H and O–H groups in total. The van der Waals surface area contributed by atoms with Crippen LogP contribution in [0.15, 0.2) is 26.9 Å².